The summed E-state index contributed by atoms with van der Waals surface area (Å²) in [6.07, 6.45) is 1.39. The molecule has 96 valence electrons. The van der Waals surface area contributed by atoms with E-state index in [1.165, 1.54) is 12.3 Å². The first kappa shape index (κ1) is 12.8. The number of halogens is 2. The molecule has 0 spiro atoms. The van der Waals surface area contributed by atoms with Crippen LogP contribution in [0.5, 0.6) is 0 Å². The van der Waals surface area contributed by atoms with E-state index < -0.39 is 5.82 Å². The van der Waals surface area contributed by atoms with E-state index in [4.69, 9.17) is 16.3 Å². The summed E-state index contributed by atoms with van der Waals surface area (Å²) in [7, 11) is 1.60. The molecule has 18 heavy (non-hydrogen) atoms. The maximum Gasteiger partial charge on any atom is 0.166 e. The van der Waals surface area contributed by atoms with Crippen molar-refractivity contribution in [1.82, 2.24) is 15.2 Å². The van der Waals surface area contributed by atoms with Gasteiger partial charge in [-0.1, -0.05) is 11.6 Å². The van der Waals surface area contributed by atoms with Crippen LogP contribution in [-0.4, -0.2) is 22.3 Å². The Morgan fingerprint density at radius 1 is 1.50 bits per heavy atom. The first-order valence-corrected chi connectivity index (χ1v) is 5.64. The highest BCUT2D eigenvalue weighted by Gasteiger charge is 2.05. The monoisotopic (exact) mass is 270 g/mol. The SMILES string of the molecule is COCc1cc(CNc2ncc(Cl)cc2F)[nH]n1. The van der Waals surface area contributed by atoms with Crippen LogP contribution in [-0.2, 0) is 17.9 Å². The fourth-order valence-corrected chi connectivity index (χ4v) is 1.59. The van der Waals surface area contributed by atoms with Gasteiger partial charge in [-0.05, 0) is 12.1 Å². The molecule has 5 nitrogen and oxygen atoms in total. The maximum absolute atomic E-state index is 13.4. The molecule has 0 atom stereocenters. The van der Waals surface area contributed by atoms with Gasteiger partial charge in [0.2, 0.25) is 0 Å². The summed E-state index contributed by atoms with van der Waals surface area (Å²) in [6, 6.07) is 3.05. The lowest BCUT2D eigenvalue weighted by atomic mass is 10.3. The molecule has 2 aromatic rings. The normalized spacial score (nSPS) is 10.6. The molecule has 0 unspecified atom stereocenters. The smallest absolute Gasteiger partial charge is 0.166 e. The van der Waals surface area contributed by atoms with Gasteiger partial charge in [-0.15, -0.1) is 0 Å². The lowest BCUT2D eigenvalue weighted by Gasteiger charge is -2.04. The first-order chi connectivity index (χ1) is 8.69. The number of pyridine rings is 1. The third-order valence-corrected chi connectivity index (χ3v) is 2.44. The van der Waals surface area contributed by atoms with Gasteiger partial charge < -0.3 is 10.1 Å². The maximum atomic E-state index is 13.4. The van der Waals surface area contributed by atoms with Crippen LogP contribution in [0.1, 0.15) is 11.4 Å². The highest BCUT2D eigenvalue weighted by Crippen LogP contribution is 2.16. The van der Waals surface area contributed by atoms with Crippen LogP contribution in [0.25, 0.3) is 0 Å². The second-order valence-electron chi connectivity index (χ2n) is 3.66. The standard InChI is InChI=1S/C11H12ClFN4O/c1-18-6-9-3-8(16-17-9)5-15-11-10(13)2-7(12)4-14-11/h2-4H,5-6H2,1H3,(H,14,15)(H,16,17). The van der Waals surface area contributed by atoms with Crippen molar-refractivity contribution in [3.63, 3.8) is 0 Å². The lowest BCUT2D eigenvalue weighted by Crippen LogP contribution is -2.03. The average molecular weight is 271 g/mol. The molecule has 0 aliphatic heterocycles. The van der Waals surface area contributed by atoms with E-state index in [-0.39, 0.29) is 10.8 Å². The number of H-pyrrole nitrogens is 1. The zero-order valence-corrected chi connectivity index (χ0v) is 10.5. The summed E-state index contributed by atoms with van der Waals surface area (Å²) in [5.41, 5.74) is 1.61. The van der Waals surface area contributed by atoms with Gasteiger partial charge in [0, 0.05) is 13.3 Å². The number of nitrogens with zero attached hydrogens (tertiary/aromatic N) is 2. The van der Waals surface area contributed by atoms with E-state index in [2.05, 4.69) is 20.5 Å². The van der Waals surface area contributed by atoms with Crippen molar-refractivity contribution in [2.24, 2.45) is 0 Å². The van der Waals surface area contributed by atoms with Gasteiger partial charge in [-0.25, -0.2) is 9.37 Å². The number of aromatic amines is 1. The third kappa shape index (κ3) is 3.18. The summed E-state index contributed by atoms with van der Waals surface area (Å²) in [4.78, 5) is 3.86. The van der Waals surface area contributed by atoms with Gasteiger partial charge >= 0.3 is 0 Å². The number of nitrogens with one attached hydrogen (secondary N) is 2. The number of hydrogen-bond acceptors (Lipinski definition) is 4. The Labute approximate surface area is 108 Å². The summed E-state index contributed by atoms with van der Waals surface area (Å²) < 4.78 is 18.4. The molecule has 0 fully saturated rings. The molecule has 0 radical (unpaired) electrons. The summed E-state index contributed by atoms with van der Waals surface area (Å²) >= 11 is 5.61. The van der Waals surface area contributed by atoms with Crippen molar-refractivity contribution in [3.05, 3.63) is 40.6 Å². The highest BCUT2D eigenvalue weighted by atomic mass is 35.5. The molecule has 2 heterocycles. The zero-order valence-electron chi connectivity index (χ0n) is 9.70. The van der Waals surface area contributed by atoms with Crippen LogP contribution in [0.2, 0.25) is 5.02 Å². The van der Waals surface area contributed by atoms with Gasteiger partial charge in [0.25, 0.3) is 0 Å². The molecule has 0 aromatic carbocycles. The minimum atomic E-state index is -0.487. The lowest BCUT2D eigenvalue weighted by molar-refractivity contribution is 0.181. The van der Waals surface area contributed by atoms with Crippen molar-refractivity contribution in [2.45, 2.75) is 13.2 Å². The van der Waals surface area contributed by atoms with Crippen LogP contribution in [0, 0.1) is 5.82 Å². The first-order valence-electron chi connectivity index (χ1n) is 5.26. The quantitative estimate of drug-likeness (QED) is 0.875. The number of methoxy groups -OCH3 is 1. The number of rotatable bonds is 5. The van der Waals surface area contributed by atoms with Crippen LogP contribution in [0.15, 0.2) is 18.3 Å². The van der Waals surface area contributed by atoms with Crippen LogP contribution in [0.4, 0.5) is 10.2 Å². The molecular weight excluding hydrogens is 259 g/mol. The van der Waals surface area contributed by atoms with Gasteiger partial charge in [0.15, 0.2) is 11.6 Å². The van der Waals surface area contributed by atoms with E-state index in [9.17, 15) is 4.39 Å². The van der Waals surface area contributed by atoms with Crippen molar-refractivity contribution in [1.29, 1.82) is 0 Å². The van der Waals surface area contributed by atoms with Gasteiger partial charge in [0.05, 0.1) is 29.6 Å². The second-order valence-corrected chi connectivity index (χ2v) is 4.09. The van der Waals surface area contributed by atoms with E-state index in [1.54, 1.807) is 7.11 Å². The zero-order chi connectivity index (χ0) is 13.0. The molecule has 0 aliphatic carbocycles. The van der Waals surface area contributed by atoms with Crippen molar-refractivity contribution < 1.29 is 9.13 Å². The molecule has 0 amide bonds. The van der Waals surface area contributed by atoms with Gasteiger partial charge in [-0.3, -0.25) is 5.10 Å². The van der Waals surface area contributed by atoms with E-state index in [1.807, 2.05) is 6.07 Å². The van der Waals surface area contributed by atoms with Crippen LogP contribution >= 0.6 is 11.6 Å². The van der Waals surface area contributed by atoms with E-state index in [0.29, 0.717) is 13.2 Å². The Hall–Kier alpha value is -1.66. The van der Waals surface area contributed by atoms with Crippen molar-refractivity contribution in [2.75, 3.05) is 12.4 Å². The molecule has 0 aliphatic rings. The predicted octanol–water partition coefficient (Wildman–Crippen LogP) is 2.36. The van der Waals surface area contributed by atoms with Crippen LogP contribution < -0.4 is 5.32 Å². The fraction of sp³-hybridized carbons (Fsp3) is 0.273. The minimum absolute atomic E-state index is 0.155. The highest BCUT2D eigenvalue weighted by molar-refractivity contribution is 6.30. The summed E-state index contributed by atoms with van der Waals surface area (Å²) in [5, 5.41) is 9.97. The summed E-state index contributed by atoms with van der Waals surface area (Å²) in [6.45, 7) is 0.826. The Bertz CT molecular complexity index is 532. The topological polar surface area (TPSA) is 62.8 Å². The second kappa shape index (κ2) is 5.79. The van der Waals surface area contributed by atoms with E-state index in [0.717, 1.165) is 11.4 Å². The van der Waals surface area contributed by atoms with Gasteiger partial charge in [0.1, 0.15) is 0 Å². The molecule has 2 rings (SSSR count). The number of ether oxygens (including phenoxy) is 1. The Balaban J connectivity index is 1.97. The molecule has 0 saturated heterocycles. The third-order valence-electron chi connectivity index (χ3n) is 2.23. The van der Waals surface area contributed by atoms with Crippen molar-refractivity contribution >= 4 is 17.4 Å². The average Bonchev–Trinajstić information content (AvgIpc) is 2.76. The number of hydrogen-bond donors (Lipinski definition) is 2. The van der Waals surface area contributed by atoms with Gasteiger partial charge in [-0.2, -0.15) is 5.10 Å². The largest absolute Gasteiger partial charge is 0.378 e. The molecule has 7 heteroatoms. The molecule has 2 N–H and O–H groups in total. The summed E-state index contributed by atoms with van der Waals surface area (Å²) in [5.74, 6) is -0.332. The number of anilines is 1. The number of aromatic nitrogens is 3. The molecule has 0 saturated carbocycles. The predicted molar refractivity (Wildman–Crippen MR) is 65.8 cm³/mol. The molecule has 2 aromatic heterocycles. The molecular formula is C11H12ClFN4O. The van der Waals surface area contributed by atoms with Crippen LogP contribution in [0.3, 0.4) is 0 Å². The minimum Gasteiger partial charge on any atom is -0.378 e. The Kier molecular flexibility index (Phi) is 4.11. The fourth-order valence-electron chi connectivity index (χ4n) is 1.45. The Morgan fingerprint density at radius 3 is 3.06 bits per heavy atom. The Morgan fingerprint density at radius 2 is 2.33 bits per heavy atom. The van der Waals surface area contributed by atoms with E-state index >= 15 is 0 Å². The van der Waals surface area contributed by atoms with Crippen molar-refractivity contribution in [3.8, 4) is 0 Å². The molecule has 0 bridgehead atoms.